The molecule has 2 amide bonds. The average Bonchev–Trinajstić information content (AvgIpc) is 3.42. The Kier molecular flexibility index (Phi) is 6.97. The first-order chi connectivity index (χ1) is 20.2. The molecule has 7 N–H and O–H groups in total. The molecule has 0 radical (unpaired) electrons. The minimum Gasteiger partial charge on any atom is -0.398 e. The number of Topliss-reactive ketones (excluding diaryl/α,β-unsaturated/α-hetero) is 1. The van der Waals surface area contributed by atoms with Gasteiger partial charge in [0.15, 0.2) is 5.78 Å². The van der Waals surface area contributed by atoms with Gasteiger partial charge in [0.05, 0.1) is 15.6 Å². The van der Waals surface area contributed by atoms with Gasteiger partial charge in [-0.1, -0.05) is 61.2 Å². The molecule has 0 saturated carbocycles. The highest BCUT2D eigenvalue weighted by atomic mass is 32.1. The number of amides is 2. The van der Waals surface area contributed by atoms with Crippen LogP contribution >= 0.6 is 11.3 Å². The molecular weight excluding hydrogens is 546 g/mol. The summed E-state index contributed by atoms with van der Waals surface area (Å²) in [6, 6.07) is 17.9. The molecule has 6 rings (SSSR count). The van der Waals surface area contributed by atoms with E-state index in [0.717, 1.165) is 29.5 Å². The number of rotatable bonds is 5. The molecular formula is C33H33N5O3S. The number of hydrogen-bond donors (Lipinski definition) is 4. The SMILES string of the molecule is C=CC(=O)N1CCCC(NC(=O)c2sc3c(N)ccc4c3c2C(N)C(=O)C4(N)c2cccc(-c3ccccc3)c2C)C1. The second kappa shape index (κ2) is 10.5. The number of anilines is 1. The maximum absolute atomic E-state index is 14.3. The highest BCUT2D eigenvalue weighted by Crippen LogP contribution is 2.50. The standard InChI is InChI=1S/C33H33N5O3S/c1-3-25(39)38-16-8-11-20(17-38)37-32(41)30-27-26-23(14-15-24(34)29(26)42-30)33(36,31(40)28(27)35)22-13-7-12-21(18(22)2)19-9-5-4-6-10-19/h3-7,9-10,12-15,20,28H,1,8,11,16-17,34-36H2,2H3,(H,37,41). The highest BCUT2D eigenvalue weighted by Gasteiger charge is 2.49. The minimum atomic E-state index is -1.54. The summed E-state index contributed by atoms with van der Waals surface area (Å²) in [6.45, 7) is 6.54. The Morgan fingerprint density at radius 2 is 1.86 bits per heavy atom. The Morgan fingerprint density at radius 3 is 2.60 bits per heavy atom. The maximum Gasteiger partial charge on any atom is 0.262 e. The van der Waals surface area contributed by atoms with Crippen molar-refractivity contribution in [3.8, 4) is 11.1 Å². The van der Waals surface area contributed by atoms with Gasteiger partial charge in [0.2, 0.25) is 5.91 Å². The number of nitrogens with one attached hydrogen (secondary N) is 1. The topological polar surface area (TPSA) is 145 Å². The Morgan fingerprint density at radius 1 is 1.10 bits per heavy atom. The summed E-state index contributed by atoms with van der Waals surface area (Å²) in [5, 5.41) is 3.73. The summed E-state index contributed by atoms with van der Waals surface area (Å²) in [5.41, 5.74) is 23.8. The van der Waals surface area contributed by atoms with Crippen LogP contribution < -0.4 is 22.5 Å². The zero-order valence-electron chi connectivity index (χ0n) is 23.4. The molecule has 42 heavy (non-hydrogen) atoms. The maximum atomic E-state index is 14.3. The number of nitrogens with two attached hydrogens (primary N) is 3. The van der Waals surface area contributed by atoms with E-state index in [0.29, 0.717) is 50.4 Å². The number of carbonyl (C=O) groups excluding carboxylic acids is 3. The summed E-state index contributed by atoms with van der Waals surface area (Å²) in [7, 11) is 0. The molecule has 1 fully saturated rings. The van der Waals surface area contributed by atoms with E-state index in [1.807, 2.05) is 55.5 Å². The Bertz CT molecular complexity index is 1760. The summed E-state index contributed by atoms with van der Waals surface area (Å²) in [6.07, 6.45) is 2.77. The van der Waals surface area contributed by atoms with Gasteiger partial charge in [-0.15, -0.1) is 11.3 Å². The summed E-state index contributed by atoms with van der Waals surface area (Å²) < 4.78 is 0.675. The number of nitrogen functional groups attached to an aromatic ring is 1. The molecule has 3 aromatic carbocycles. The van der Waals surface area contributed by atoms with E-state index >= 15 is 0 Å². The first-order valence-corrected chi connectivity index (χ1v) is 14.8. The number of piperidine rings is 1. The molecule has 214 valence electrons. The lowest BCUT2D eigenvalue weighted by molar-refractivity contribution is -0.127. The van der Waals surface area contributed by atoms with Crippen molar-refractivity contribution >= 4 is 44.7 Å². The van der Waals surface area contributed by atoms with Crippen LogP contribution in [-0.2, 0) is 15.1 Å². The van der Waals surface area contributed by atoms with Crippen molar-refractivity contribution in [1.29, 1.82) is 0 Å². The Balaban J connectivity index is 1.46. The Labute approximate surface area is 248 Å². The van der Waals surface area contributed by atoms with Gasteiger partial charge in [0.25, 0.3) is 5.91 Å². The van der Waals surface area contributed by atoms with Crippen LogP contribution in [0.15, 0.2) is 73.3 Å². The van der Waals surface area contributed by atoms with Crippen LogP contribution in [0.3, 0.4) is 0 Å². The molecule has 0 spiro atoms. The normalized spacial score (nSPS) is 21.8. The first kappa shape index (κ1) is 27.8. The predicted molar refractivity (Wildman–Crippen MR) is 167 cm³/mol. The zero-order chi connectivity index (χ0) is 29.8. The number of benzene rings is 3. The van der Waals surface area contributed by atoms with Crippen LogP contribution in [0.1, 0.15) is 50.8 Å². The van der Waals surface area contributed by atoms with Crippen LogP contribution in [-0.4, -0.2) is 41.6 Å². The molecule has 1 aliphatic heterocycles. The third-order valence-corrected chi connectivity index (χ3v) is 9.86. The van der Waals surface area contributed by atoms with Crippen molar-refractivity contribution in [1.82, 2.24) is 10.2 Å². The fourth-order valence-electron chi connectivity index (χ4n) is 6.50. The molecule has 1 aromatic heterocycles. The highest BCUT2D eigenvalue weighted by molar-refractivity contribution is 7.21. The molecule has 9 heteroatoms. The first-order valence-electron chi connectivity index (χ1n) is 14.0. The second-order valence-electron chi connectivity index (χ2n) is 11.0. The number of thiophene rings is 1. The lowest BCUT2D eigenvalue weighted by atomic mass is 9.69. The van der Waals surface area contributed by atoms with Crippen molar-refractivity contribution < 1.29 is 14.4 Å². The Hall–Kier alpha value is -4.31. The van der Waals surface area contributed by atoms with Crippen molar-refractivity contribution in [3.63, 3.8) is 0 Å². The molecule has 8 nitrogen and oxygen atoms in total. The monoisotopic (exact) mass is 579 g/mol. The zero-order valence-corrected chi connectivity index (χ0v) is 24.2. The van der Waals surface area contributed by atoms with Crippen LogP contribution in [0, 0.1) is 6.92 Å². The van der Waals surface area contributed by atoms with Crippen molar-refractivity contribution in [2.45, 2.75) is 37.4 Å². The van der Waals surface area contributed by atoms with Crippen molar-refractivity contribution in [2.75, 3.05) is 18.8 Å². The quantitative estimate of drug-likeness (QED) is 0.207. The number of ketones is 1. The van der Waals surface area contributed by atoms with Gasteiger partial charge >= 0.3 is 0 Å². The van der Waals surface area contributed by atoms with Gasteiger partial charge in [-0.25, -0.2) is 0 Å². The van der Waals surface area contributed by atoms with Crippen molar-refractivity contribution in [2.24, 2.45) is 11.5 Å². The van der Waals surface area contributed by atoms with Gasteiger partial charge in [-0.3, -0.25) is 14.4 Å². The van der Waals surface area contributed by atoms with E-state index in [2.05, 4.69) is 11.9 Å². The van der Waals surface area contributed by atoms with Gasteiger partial charge in [-0.2, -0.15) is 0 Å². The lowest BCUT2D eigenvalue weighted by Gasteiger charge is -2.38. The molecule has 0 bridgehead atoms. The molecule has 2 heterocycles. The number of hydrogen-bond acceptors (Lipinski definition) is 7. The smallest absolute Gasteiger partial charge is 0.262 e. The van der Waals surface area contributed by atoms with Crippen LogP contribution in [0.2, 0.25) is 0 Å². The van der Waals surface area contributed by atoms with Crippen LogP contribution in [0.5, 0.6) is 0 Å². The molecule has 2 aliphatic rings. The minimum absolute atomic E-state index is 0.165. The summed E-state index contributed by atoms with van der Waals surface area (Å²) in [5.74, 6) is -0.895. The van der Waals surface area contributed by atoms with E-state index < -0.39 is 11.6 Å². The van der Waals surface area contributed by atoms with Gasteiger partial charge in [0.1, 0.15) is 5.54 Å². The van der Waals surface area contributed by atoms with E-state index in [9.17, 15) is 14.4 Å². The third kappa shape index (κ3) is 4.24. The second-order valence-corrected chi connectivity index (χ2v) is 12.1. The third-order valence-electron chi connectivity index (χ3n) is 8.61. The van der Waals surface area contributed by atoms with Gasteiger partial charge in [0, 0.05) is 35.8 Å². The number of nitrogens with zero attached hydrogens (tertiary/aromatic N) is 1. The fraction of sp³-hybridized carbons (Fsp3) is 0.242. The number of likely N-dealkylation sites (tertiary alicyclic amines) is 1. The molecule has 1 saturated heterocycles. The predicted octanol–water partition coefficient (Wildman–Crippen LogP) is 4.15. The fourth-order valence-corrected chi connectivity index (χ4v) is 7.70. The average molecular weight is 580 g/mol. The van der Waals surface area contributed by atoms with E-state index in [-0.39, 0.29) is 23.6 Å². The molecule has 3 unspecified atom stereocenters. The summed E-state index contributed by atoms with van der Waals surface area (Å²) >= 11 is 1.22. The van der Waals surface area contributed by atoms with E-state index in [1.54, 1.807) is 17.0 Å². The van der Waals surface area contributed by atoms with Gasteiger partial charge < -0.3 is 27.4 Å². The van der Waals surface area contributed by atoms with E-state index in [1.165, 1.54) is 17.4 Å². The lowest BCUT2D eigenvalue weighted by Crippen LogP contribution is -2.53. The number of carbonyl (C=O) groups is 3. The van der Waals surface area contributed by atoms with Crippen LogP contribution in [0.25, 0.3) is 21.2 Å². The van der Waals surface area contributed by atoms with E-state index in [4.69, 9.17) is 17.2 Å². The largest absolute Gasteiger partial charge is 0.398 e. The molecule has 1 aliphatic carbocycles. The van der Waals surface area contributed by atoms with Crippen LogP contribution in [0.4, 0.5) is 5.69 Å². The molecule has 4 aromatic rings. The van der Waals surface area contributed by atoms with Gasteiger partial charge in [-0.05, 0) is 59.7 Å². The van der Waals surface area contributed by atoms with Crippen molar-refractivity contribution in [3.05, 3.63) is 100 Å². The molecule has 3 atom stereocenters. The summed E-state index contributed by atoms with van der Waals surface area (Å²) in [4.78, 5) is 42.2.